The highest BCUT2D eigenvalue weighted by Crippen LogP contribution is 2.22. The van der Waals surface area contributed by atoms with Crippen molar-refractivity contribution in [3.8, 4) is 0 Å². The molecule has 0 rings (SSSR count). The SMILES string of the molecule is CC(C)[C@@H](NC(=O)OC(C)(C)C)C(C=O)[C@H](NC(=O)OC(C)(C)C)C(C)C. The van der Waals surface area contributed by atoms with Gasteiger partial charge in [0, 0.05) is 12.1 Å². The molecule has 0 aliphatic heterocycles. The maximum absolute atomic E-state index is 12.2. The molecule has 27 heavy (non-hydrogen) atoms. The predicted octanol–water partition coefficient (Wildman–Crippen LogP) is 3.90. The van der Waals surface area contributed by atoms with E-state index in [4.69, 9.17) is 9.47 Å². The van der Waals surface area contributed by atoms with Gasteiger partial charge in [-0.3, -0.25) is 0 Å². The zero-order valence-electron chi connectivity index (χ0n) is 18.5. The molecule has 0 aromatic carbocycles. The highest BCUT2D eigenvalue weighted by atomic mass is 16.6. The Morgan fingerprint density at radius 2 is 1.04 bits per heavy atom. The molecule has 0 saturated carbocycles. The first-order valence-corrected chi connectivity index (χ1v) is 9.51. The van der Waals surface area contributed by atoms with Crippen molar-refractivity contribution in [1.29, 1.82) is 0 Å². The summed E-state index contributed by atoms with van der Waals surface area (Å²) in [7, 11) is 0. The summed E-state index contributed by atoms with van der Waals surface area (Å²) in [5.74, 6) is -0.728. The second-order valence-electron chi connectivity index (χ2n) is 9.55. The number of nitrogens with one attached hydrogen (secondary N) is 2. The lowest BCUT2D eigenvalue weighted by Gasteiger charge is -2.36. The Bertz CT molecular complexity index is 461. The topological polar surface area (TPSA) is 93.7 Å². The Morgan fingerprint density at radius 3 is 1.22 bits per heavy atom. The van der Waals surface area contributed by atoms with Crippen molar-refractivity contribution in [2.45, 2.75) is 92.5 Å². The third kappa shape index (κ3) is 10.2. The lowest BCUT2D eigenvalue weighted by Crippen LogP contribution is -2.56. The van der Waals surface area contributed by atoms with Crippen LogP contribution in [0.15, 0.2) is 0 Å². The number of amides is 2. The van der Waals surface area contributed by atoms with E-state index in [1.807, 2.05) is 27.7 Å². The molecular formula is C20H38N2O5. The van der Waals surface area contributed by atoms with Gasteiger partial charge in [-0.25, -0.2) is 9.59 Å². The minimum atomic E-state index is -0.644. The van der Waals surface area contributed by atoms with E-state index in [9.17, 15) is 14.4 Å². The van der Waals surface area contributed by atoms with Crippen LogP contribution in [0.1, 0.15) is 69.2 Å². The van der Waals surface area contributed by atoms with E-state index in [-0.39, 0.29) is 11.8 Å². The van der Waals surface area contributed by atoms with Crippen molar-refractivity contribution in [2.24, 2.45) is 17.8 Å². The van der Waals surface area contributed by atoms with Crippen molar-refractivity contribution < 1.29 is 23.9 Å². The van der Waals surface area contributed by atoms with Gasteiger partial charge in [0.15, 0.2) is 0 Å². The molecule has 2 amide bonds. The molecule has 0 aromatic rings. The molecular weight excluding hydrogens is 348 g/mol. The highest BCUT2D eigenvalue weighted by Gasteiger charge is 2.36. The van der Waals surface area contributed by atoms with Crippen LogP contribution >= 0.6 is 0 Å². The molecule has 7 nitrogen and oxygen atoms in total. The van der Waals surface area contributed by atoms with Crippen LogP contribution in [0.5, 0.6) is 0 Å². The van der Waals surface area contributed by atoms with E-state index in [0.717, 1.165) is 6.29 Å². The first-order chi connectivity index (χ1) is 12.1. The molecule has 0 radical (unpaired) electrons. The molecule has 0 aliphatic carbocycles. The van der Waals surface area contributed by atoms with Crippen molar-refractivity contribution in [3.05, 3.63) is 0 Å². The third-order valence-electron chi connectivity index (χ3n) is 3.79. The molecule has 158 valence electrons. The Labute approximate surface area is 163 Å². The molecule has 0 fully saturated rings. The summed E-state index contributed by atoms with van der Waals surface area (Å²) in [6.45, 7) is 18.3. The number of hydrogen-bond donors (Lipinski definition) is 2. The molecule has 0 aromatic heterocycles. The van der Waals surface area contributed by atoms with Gasteiger partial charge < -0.3 is 24.9 Å². The summed E-state index contributed by atoms with van der Waals surface area (Å²) in [6.07, 6.45) is -0.398. The van der Waals surface area contributed by atoms with E-state index < -0.39 is 41.4 Å². The summed E-state index contributed by atoms with van der Waals surface area (Å²) in [5.41, 5.74) is -1.29. The number of aldehydes is 1. The Balaban J connectivity index is 5.45. The van der Waals surface area contributed by atoms with E-state index in [1.54, 1.807) is 41.5 Å². The Kier molecular flexibility index (Phi) is 9.29. The molecule has 0 unspecified atom stereocenters. The second-order valence-corrected chi connectivity index (χ2v) is 9.55. The first-order valence-electron chi connectivity index (χ1n) is 9.51. The number of hydrogen-bond acceptors (Lipinski definition) is 5. The standard InChI is InChI=1S/C20H38N2O5/c1-12(2)15(21-17(24)26-19(5,6)7)14(11-23)16(13(3)4)22-18(25)27-20(8,9)10/h11-16H,1-10H3,(H,21,24)(H,22,25)/t15-,16-/m1/s1. The van der Waals surface area contributed by atoms with Crippen LogP contribution in [0.4, 0.5) is 9.59 Å². The van der Waals surface area contributed by atoms with Crippen LogP contribution in [0, 0.1) is 17.8 Å². The maximum atomic E-state index is 12.2. The third-order valence-corrected chi connectivity index (χ3v) is 3.79. The van der Waals surface area contributed by atoms with E-state index in [1.165, 1.54) is 0 Å². The molecule has 2 N–H and O–H groups in total. The van der Waals surface area contributed by atoms with Gasteiger partial charge in [-0.2, -0.15) is 0 Å². The molecule has 2 atom stereocenters. The largest absolute Gasteiger partial charge is 0.444 e. The van der Waals surface area contributed by atoms with Gasteiger partial charge in [-0.15, -0.1) is 0 Å². The molecule has 7 heteroatoms. The zero-order chi connectivity index (χ0) is 21.6. The van der Waals surface area contributed by atoms with Gasteiger partial charge >= 0.3 is 12.2 Å². The van der Waals surface area contributed by atoms with Gasteiger partial charge in [0.05, 0.1) is 5.92 Å². The van der Waals surface area contributed by atoms with Crippen LogP contribution in [0.2, 0.25) is 0 Å². The molecule has 0 aliphatic rings. The second kappa shape index (κ2) is 9.95. The average molecular weight is 387 g/mol. The fourth-order valence-corrected chi connectivity index (χ4v) is 2.69. The molecule has 0 bridgehead atoms. The van der Waals surface area contributed by atoms with Crippen molar-refractivity contribution in [3.63, 3.8) is 0 Å². The van der Waals surface area contributed by atoms with Gasteiger partial charge in [-0.1, -0.05) is 27.7 Å². The minimum absolute atomic E-state index is 0.0468. The van der Waals surface area contributed by atoms with Crippen LogP contribution in [0.25, 0.3) is 0 Å². The van der Waals surface area contributed by atoms with E-state index >= 15 is 0 Å². The van der Waals surface area contributed by atoms with Crippen molar-refractivity contribution >= 4 is 18.5 Å². The van der Waals surface area contributed by atoms with Gasteiger partial charge in [0.25, 0.3) is 0 Å². The summed E-state index contributed by atoms with van der Waals surface area (Å²) >= 11 is 0. The van der Waals surface area contributed by atoms with E-state index in [2.05, 4.69) is 10.6 Å². The lowest BCUT2D eigenvalue weighted by molar-refractivity contribution is -0.113. The monoisotopic (exact) mass is 386 g/mol. The van der Waals surface area contributed by atoms with Crippen LogP contribution in [-0.4, -0.2) is 41.8 Å². The summed E-state index contributed by atoms with van der Waals surface area (Å²) in [4.78, 5) is 36.4. The van der Waals surface area contributed by atoms with Crippen LogP contribution < -0.4 is 10.6 Å². The Morgan fingerprint density at radius 1 is 0.741 bits per heavy atom. The van der Waals surface area contributed by atoms with Crippen molar-refractivity contribution in [2.75, 3.05) is 0 Å². The number of carbonyl (C=O) groups excluding carboxylic acids is 3. The summed E-state index contributed by atoms with van der Waals surface area (Å²) in [6, 6.07) is -1.00. The Hall–Kier alpha value is -1.79. The quantitative estimate of drug-likeness (QED) is 0.647. The molecule has 0 spiro atoms. The highest BCUT2D eigenvalue weighted by molar-refractivity contribution is 5.71. The smallest absolute Gasteiger partial charge is 0.407 e. The number of rotatable bonds is 7. The average Bonchev–Trinajstić information content (AvgIpc) is 2.41. The summed E-state index contributed by atoms with van der Waals surface area (Å²) < 4.78 is 10.6. The van der Waals surface area contributed by atoms with Gasteiger partial charge in [-0.05, 0) is 53.4 Å². The predicted molar refractivity (Wildman–Crippen MR) is 106 cm³/mol. The van der Waals surface area contributed by atoms with Crippen LogP contribution in [-0.2, 0) is 14.3 Å². The minimum Gasteiger partial charge on any atom is -0.444 e. The zero-order valence-corrected chi connectivity index (χ0v) is 18.5. The van der Waals surface area contributed by atoms with Gasteiger partial charge in [0.1, 0.15) is 17.5 Å². The van der Waals surface area contributed by atoms with Crippen LogP contribution in [0.3, 0.4) is 0 Å². The molecule has 0 saturated heterocycles. The fourth-order valence-electron chi connectivity index (χ4n) is 2.69. The lowest BCUT2D eigenvalue weighted by atomic mass is 9.81. The van der Waals surface area contributed by atoms with Gasteiger partial charge in [0.2, 0.25) is 0 Å². The normalized spacial score (nSPS) is 15.7. The van der Waals surface area contributed by atoms with Crippen molar-refractivity contribution in [1.82, 2.24) is 10.6 Å². The number of ether oxygens (including phenoxy) is 2. The van der Waals surface area contributed by atoms with E-state index in [0.29, 0.717) is 0 Å². The molecule has 0 heterocycles. The summed E-state index contributed by atoms with van der Waals surface area (Å²) in [5, 5.41) is 5.59. The number of carbonyl (C=O) groups is 3. The maximum Gasteiger partial charge on any atom is 0.407 e. The fraction of sp³-hybridized carbons (Fsp3) is 0.850. The first kappa shape index (κ1) is 25.2. The number of alkyl carbamates (subject to hydrolysis) is 2.